The summed E-state index contributed by atoms with van der Waals surface area (Å²) >= 11 is 12.0. The molecular weight excluding hydrogens is 277 g/mol. The average Bonchev–Trinajstić information content (AvgIpc) is 2.41. The number of hydrogen-bond donors (Lipinski definition) is 0. The summed E-state index contributed by atoms with van der Waals surface area (Å²) in [6.07, 6.45) is 0. The van der Waals surface area contributed by atoms with E-state index >= 15 is 0 Å². The van der Waals surface area contributed by atoms with Gasteiger partial charge in [-0.25, -0.2) is 4.98 Å². The summed E-state index contributed by atoms with van der Waals surface area (Å²) in [7, 11) is 0. The molecule has 0 aliphatic rings. The first-order valence-corrected chi connectivity index (χ1v) is 6.72. The maximum Gasteiger partial charge on any atom is 0.0739 e. The quantitative estimate of drug-likeness (QED) is 0.574. The van der Waals surface area contributed by atoms with Gasteiger partial charge in [-0.15, -0.1) is 0 Å². The molecule has 0 amide bonds. The fourth-order valence-electron chi connectivity index (χ4n) is 2.16. The number of nitrogens with zero attached hydrogens (tertiary/aromatic N) is 1. The van der Waals surface area contributed by atoms with E-state index in [1.54, 1.807) is 6.07 Å². The Morgan fingerprint density at radius 3 is 2.47 bits per heavy atom. The molecule has 0 N–H and O–H groups in total. The maximum atomic E-state index is 6.07. The second kappa shape index (κ2) is 4.84. The Labute approximate surface area is 121 Å². The van der Waals surface area contributed by atoms with Crippen LogP contribution in [-0.2, 0) is 0 Å². The monoisotopic (exact) mass is 287 g/mol. The van der Waals surface area contributed by atoms with Crippen LogP contribution in [0.4, 0.5) is 0 Å². The van der Waals surface area contributed by atoms with E-state index in [1.807, 2.05) is 30.3 Å². The molecule has 0 spiro atoms. The van der Waals surface area contributed by atoms with Crippen LogP contribution < -0.4 is 0 Å². The fourth-order valence-corrected chi connectivity index (χ4v) is 2.46. The van der Waals surface area contributed by atoms with Crippen molar-refractivity contribution >= 4 is 34.1 Å². The van der Waals surface area contributed by atoms with Gasteiger partial charge in [0.25, 0.3) is 0 Å². The van der Waals surface area contributed by atoms with Crippen molar-refractivity contribution in [1.29, 1.82) is 0 Å². The number of pyridine rings is 1. The zero-order valence-electron chi connectivity index (χ0n) is 10.3. The number of fused-ring (bicyclic) bond motifs is 1. The van der Waals surface area contributed by atoms with E-state index < -0.39 is 0 Å². The molecule has 2 aromatic carbocycles. The molecule has 0 aliphatic heterocycles. The molecule has 19 heavy (non-hydrogen) atoms. The summed E-state index contributed by atoms with van der Waals surface area (Å²) in [6.45, 7) is 2.05. The number of aryl methyl sites for hydroxylation is 1. The fraction of sp³-hybridized carbons (Fsp3) is 0.0625. The highest BCUT2D eigenvalue weighted by molar-refractivity contribution is 6.42. The topological polar surface area (TPSA) is 12.9 Å². The predicted molar refractivity (Wildman–Crippen MR) is 81.9 cm³/mol. The molecule has 0 unspecified atom stereocenters. The summed E-state index contributed by atoms with van der Waals surface area (Å²) in [4.78, 5) is 4.71. The van der Waals surface area contributed by atoms with Crippen LogP contribution >= 0.6 is 23.2 Å². The van der Waals surface area contributed by atoms with Crippen LogP contribution in [0.5, 0.6) is 0 Å². The standard InChI is InChI=1S/C16H11Cl2N/c1-10-8-11-4-2-3-5-15(11)19-16(10)12-6-7-13(17)14(18)9-12/h2-9H,1H3. The van der Waals surface area contributed by atoms with Gasteiger partial charge < -0.3 is 0 Å². The van der Waals surface area contributed by atoms with Gasteiger partial charge in [-0.05, 0) is 36.8 Å². The highest BCUT2D eigenvalue weighted by Gasteiger charge is 2.08. The second-order valence-electron chi connectivity index (χ2n) is 4.48. The third-order valence-electron chi connectivity index (χ3n) is 3.11. The van der Waals surface area contributed by atoms with Gasteiger partial charge in [0, 0.05) is 10.9 Å². The molecule has 1 aromatic heterocycles. The predicted octanol–water partition coefficient (Wildman–Crippen LogP) is 5.52. The van der Waals surface area contributed by atoms with Crippen molar-refractivity contribution in [2.75, 3.05) is 0 Å². The van der Waals surface area contributed by atoms with Gasteiger partial charge in [-0.2, -0.15) is 0 Å². The summed E-state index contributed by atoms with van der Waals surface area (Å²) < 4.78 is 0. The molecule has 0 atom stereocenters. The second-order valence-corrected chi connectivity index (χ2v) is 5.29. The Balaban J connectivity index is 2.23. The lowest BCUT2D eigenvalue weighted by atomic mass is 10.0. The average molecular weight is 288 g/mol. The van der Waals surface area contributed by atoms with Gasteiger partial charge in [0.05, 0.1) is 21.3 Å². The molecule has 0 saturated heterocycles. The molecule has 94 valence electrons. The van der Waals surface area contributed by atoms with E-state index in [4.69, 9.17) is 28.2 Å². The van der Waals surface area contributed by atoms with Gasteiger partial charge in [0.2, 0.25) is 0 Å². The largest absolute Gasteiger partial charge is 0.248 e. The van der Waals surface area contributed by atoms with Crippen molar-refractivity contribution in [1.82, 2.24) is 4.98 Å². The van der Waals surface area contributed by atoms with Crippen molar-refractivity contribution < 1.29 is 0 Å². The molecule has 0 aliphatic carbocycles. The Morgan fingerprint density at radius 1 is 0.895 bits per heavy atom. The molecule has 1 heterocycles. The minimum Gasteiger partial charge on any atom is -0.248 e. The van der Waals surface area contributed by atoms with E-state index in [9.17, 15) is 0 Å². The van der Waals surface area contributed by atoms with Gasteiger partial charge in [-0.1, -0.05) is 47.5 Å². The molecule has 0 fully saturated rings. The van der Waals surface area contributed by atoms with Gasteiger partial charge in [0.1, 0.15) is 0 Å². The summed E-state index contributed by atoms with van der Waals surface area (Å²) in [6, 6.07) is 15.8. The molecule has 3 heteroatoms. The Hall–Kier alpha value is -1.57. The van der Waals surface area contributed by atoms with Gasteiger partial charge >= 0.3 is 0 Å². The zero-order chi connectivity index (χ0) is 13.4. The first kappa shape index (κ1) is 12.5. The Bertz CT molecular complexity index is 766. The number of halogens is 2. The SMILES string of the molecule is Cc1cc2ccccc2nc1-c1ccc(Cl)c(Cl)c1. The van der Waals surface area contributed by atoms with Crippen molar-refractivity contribution in [2.24, 2.45) is 0 Å². The third kappa shape index (κ3) is 2.32. The van der Waals surface area contributed by atoms with Crippen LogP contribution in [-0.4, -0.2) is 4.98 Å². The summed E-state index contributed by atoms with van der Waals surface area (Å²) in [5.41, 5.74) is 4.03. The van der Waals surface area contributed by atoms with Crippen LogP contribution in [0, 0.1) is 6.92 Å². The first-order chi connectivity index (χ1) is 9.15. The van der Waals surface area contributed by atoms with Crippen molar-refractivity contribution in [3.05, 3.63) is 64.1 Å². The van der Waals surface area contributed by atoms with E-state index in [1.165, 1.54) is 0 Å². The number of rotatable bonds is 1. The molecule has 1 nitrogen and oxygen atoms in total. The van der Waals surface area contributed by atoms with Gasteiger partial charge in [0.15, 0.2) is 0 Å². The van der Waals surface area contributed by atoms with Crippen LogP contribution in [0.1, 0.15) is 5.56 Å². The smallest absolute Gasteiger partial charge is 0.0739 e. The lowest BCUT2D eigenvalue weighted by Gasteiger charge is -2.08. The number of para-hydroxylation sites is 1. The van der Waals surface area contributed by atoms with Crippen molar-refractivity contribution in [3.8, 4) is 11.3 Å². The molecule has 3 rings (SSSR count). The molecule has 0 saturated carbocycles. The lowest BCUT2D eigenvalue weighted by Crippen LogP contribution is -1.90. The molecular formula is C16H11Cl2N. The molecule has 0 radical (unpaired) electrons. The minimum absolute atomic E-state index is 0.550. The van der Waals surface area contributed by atoms with Crippen LogP contribution in [0.15, 0.2) is 48.5 Å². The summed E-state index contributed by atoms with van der Waals surface area (Å²) in [5, 5.41) is 2.25. The van der Waals surface area contributed by atoms with E-state index in [0.29, 0.717) is 10.0 Å². The van der Waals surface area contributed by atoms with Crippen molar-refractivity contribution in [3.63, 3.8) is 0 Å². The van der Waals surface area contributed by atoms with Gasteiger partial charge in [-0.3, -0.25) is 0 Å². The normalized spacial score (nSPS) is 10.9. The summed E-state index contributed by atoms with van der Waals surface area (Å²) in [5.74, 6) is 0. The van der Waals surface area contributed by atoms with Crippen molar-refractivity contribution in [2.45, 2.75) is 6.92 Å². The first-order valence-electron chi connectivity index (χ1n) is 5.97. The van der Waals surface area contributed by atoms with E-state index in [2.05, 4.69) is 19.1 Å². The van der Waals surface area contributed by atoms with E-state index in [-0.39, 0.29) is 0 Å². The van der Waals surface area contributed by atoms with E-state index in [0.717, 1.165) is 27.7 Å². The number of benzene rings is 2. The third-order valence-corrected chi connectivity index (χ3v) is 3.85. The highest BCUT2D eigenvalue weighted by atomic mass is 35.5. The Kier molecular flexibility index (Phi) is 3.17. The molecule has 3 aromatic rings. The molecule has 0 bridgehead atoms. The highest BCUT2D eigenvalue weighted by Crippen LogP contribution is 2.30. The van der Waals surface area contributed by atoms with Crippen LogP contribution in [0.2, 0.25) is 10.0 Å². The van der Waals surface area contributed by atoms with Crippen LogP contribution in [0.3, 0.4) is 0 Å². The number of aromatic nitrogens is 1. The maximum absolute atomic E-state index is 6.07. The Morgan fingerprint density at radius 2 is 1.68 bits per heavy atom. The van der Waals surface area contributed by atoms with Crippen LogP contribution in [0.25, 0.3) is 22.2 Å². The number of hydrogen-bond acceptors (Lipinski definition) is 1. The minimum atomic E-state index is 0.550. The lowest BCUT2D eigenvalue weighted by molar-refractivity contribution is 1.33. The zero-order valence-corrected chi connectivity index (χ0v) is 11.8.